The van der Waals surface area contributed by atoms with E-state index in [1.54, 1.807) is 14.0 Å². The number of nitrogens with zero attached hydrogens (tertiary/aromatic N) is 2. The molecule has 5 nitrogen and oxygen atoms in total. The van der Waals surface area contributed by atoms with E-state index in [-0.39, 0.29) is 12.3 Å². The molecule has 0 fully saturated rings. The number of benzene rings is 2. The lowest BCUT2D eigenvalue weighted by molar-refractivity contribution is 0.0380. The van der Waals surface area contributed by atoms with E-state index in [4.69, 9.17) is 9.47 Å². The quantitative estimate of drug-likeness (QED) is 0.421. The smallest absolute Gasteiger partial charge is 0.358 e. The van der Waals surface area contributed by atoms with Crippen LogP contribution in [0.2, 0.25) is 0 Å². The van der Waals surface area contributed by atoms with Crippen LogP contribution in [0.5, 0.6) is 0 Å². The molecular weight excluding hydrogens is 280 g/mol. The van der Waals surface area contributed by atoms with Crippen molar-refractivity contribution in [3.63, 3.8) is 0 Å². The van der Waals surface area contributed by atoms with Gasteiger partial charge in [-0.05, 0) is 29.8 Å². The van der Waals surface area contributed by atoms with Crippen molar-refractivity contribution >= 4 is 27.8 Å². The van der Waals surface area contributed by atoms with Gasteiger partial charge in [0.15, 0.2) is 5.69 Å². The van der Waals surface area contributed by atoms with Crippen molar-refractivity contribution in [3.05, 3.63) is 47.8 Å². The second-order valence-electron chi connectivity index (χ2n) is 4.97. The minimum atomic E-state index is -0.475. The first-order valence-electron chi connectivity index (χ1n) is 7.02. The number of aryl methyl sites for hydroxylation is 1. The Balaban J connectivity index is 2.03. The number of carbonyl (C=O) groups is 1. The lowest BCUT2D eigenvalue weighted by Crippen LogP contribution is -2.14. The molecule has 0 aliphatic carbocycles. The maximum absolute atomic E-state index is 12.1. The van der Waals surface area contributed by atoms with Crippen LogP contribution in [0.3, 0.4) is 0 Å². The van der Waals surface area contributed by atoms with Crippen molar-refractivity contribution in [2.75, 3.05) is 20.3 Å². The number of ether oxygens (including phenoxy) is 2. The molecule has 0 aliphatic rings. The highest BCUT2D eigenvalue weighted by Gasteiger charge is 2.15. The van der Waals surface area contributed by atoms with Crippen LogP contribution in [0, 0.1) is 6.92 Å². The molecule has 0 aliphatic heterocycles. The summed E-state index contributed by atoms with van der Waals surface area (Å²) in [4.78, 5) is 21.0. The second-order valence-corrected chi connectivity index (χ2v) is 4.97. The number of hydrogen-bond acceptors (Lipinski definition) is 5. The average Bonchev–Trinajstić information content (AvgIpc) is 2.52. The monoisotopic (exact) mass is 296 g/mol. The molecule has 1 heterocycles. The maximum atomic E-state index is 12.1. The van der Waals surface area contributed by atoms with Gasteiger partial charge >= 0.3 is 5.97 Å². The van der Waals surface area contributed by atoms with Gasteiger partial charge in [-0.25, -0.2) is 14.8 Å². The summed E-state index contributed by atoms with van der Waals surface area (Å²) in [7, 11) is 1.56. The Kier molecular flexibility index (Phi) is 3.98. The predicted molar refractivity (Wildman–Crippen MR) is 83.9 cm³/mol. The number of hydrogen-bond donors (Lipinski definition) is 0. The van der Waals surface area contributed by atoms with Crippen molar-refractivity contribution in [2.24, 2.45) is 0 Å². The molecule has 0 saturated carbocycles. The van der Waals surface area contributed by atoms with Crippen LogP contribution < -0.4 is 0 Å². The molecule has 0 spiro atoms. The minimum Gasteiger partial charge on any atom is -0.458 e. The van der Waals surface area contributed by atoms with Gasteiger partial charge in [-0.15, -0.1) is 0 Å². The molecule has 0 N–H and O–H groups in total. The van der Waals surface area contributed by atoms with Crippen molar-refractivity contribution in [2.45, 2.75) is 6.92 Å². The molecular formula is C17H16N2O3. The normalized spacial score (nSPS) is 11.0. The predicted octanol–water partition coefficient (Wildman–Crippen LogP) is 2.89. The summed E-state index contributed by atoms with van der Waals surface area (Å²) in [6.07, 6.45) is 0. The fourth-order valence-corrected chi connectivity index (χ4v) is 2.31. The fourth-order valence-electron chi connectivity index (χ4n) is 2.31. The molecule has 112 valence electrons. The van der Waals surface area contributed by atoms with Gasteiger partial charge < -0.3 is 9.47 Å². The third kappa shape index (κ3) is 2.76. The molecule has 0 amide bonds. The average molecular weight is 296 g/mol. The largest absolute Gasteiger partial charge is 0.458 e. The fraction of sp³-hybridized carbons (Fsp3) is 0.235. The Morgan fingerprint density at radius 1 is 1.05 bits per heavy atom. The molecule has 0 unspecified atom stereocenters. The van der Waals surface area contributed by atoms with Crippen LogP contribution in [0.15, 0.2) is 36.4 Å². The van der Waals surface area contributed by atoms with Gasteiger partial charge in [-0.1, -0.05) is 24.3 Å². The van der Waals surface area contributed by atoms with Gasteiger partial charge in [0.05, 0.1) is 23.3 Å². The van der Waals surface area contributed by atoms with E-state index in [0.717, 1.165) is 16.3 Å². The van der Waals surface area contributed by atoms with E-state index in [1.807, 2.05) is 36.4 Å². The highest BCUT2D eigenvalue weighted by Crippen LogP contribution is 2.21. The second kappa shape index (κ2) is 6.07. The van der Waals surface area contributed by atoms with Crippen LogP contribution >= 0.6 is 0 Å². The zero-order valence-electron chi connectivity index (χ0n) is 12.5. The van der Waals surface area contributed by atoms with E-state index >= 15 is 0 Å². The summed E-state index contributed by atoms with van der Waals surface area (Å²) in [5, 5.41) is 2.16. The van der Waals surface area contributed by atoms with Crippen molar-refractivity contribution < 1.29 is 14.3 Å². The third-order valence-electron chi connectivity index (χ3n) is 3.42. The number of carbonyl (C=O) groups excluding carboxylic acids is 1. The molecule has 5 heteroatoms. The first-order chi connectivity index (χ1) is 10.7. The molecule has 0 saturated heterocycles. The van der Waals surface area contributed by atoms with E-state index in [1.165, 1.54) is 0 Å². The number of fused-ring (bicyclic) bond motifs is 2. The van der Waals surface area contributed by atoms with Crippen molar-refractivity contribution in [3.8, 4) is 0 Å². The van der Waals surface area contributed by atoms with Crippen LogP contribution in [0.4, 0.5) is 0 Å². The number of methoxy groups -OCH3 is 1. The number of rotatable bonds is 4. The molecule has 0 atom stereocenters. The Bertz CT molecular complexity index is 846. The number of esters is 1. The molecule has 22 heavy (non-hydrogen) atoms. The molecule has 0 radical (unpaired) electrons. The number of aromatic nitrogens is 2. The standard InChI is InChI=1S/C17H16N2O3/c1-11-16(17(20)22-8-7-21-2)19-15-10-13-6-4-3-5-12(13)9-14(15)18-11/h3-6,9-10H,7-8H2,1-2H3. The van der Waals surface area contributed by atoms with Crippen LogP contribution in [-0.4, -0.2) is 36.3 Å². The molecule has 3 rings (SSSR count). The summed E-state index contributed by atoms with van der Waals surface area (Å²) in [5.74, 6) is -0.475. The summed E-state index contributed by atoms with van der Waals surface area (Å²) in [6, 6.07) is 11.9. The SMILES string of the molecule is COCCOC(=O)c1nc2cc3ccccc3cc2nc1C. The molecule has 1 aromatic heterocycles. The minimum absolute atomic E-state index is 0.201. The van der Waals surface area contributed by atoms with Gasteiger partial charge in [-0.3, -0.25) is 0 Å². The maximum Gasteiger partial charge on any atom is 0.358 e. The summed E-state index contributed by atoms with van der Waals surface area (Å²) < 4.78 is 9.98. The summed E-state index contributed by atoms with van der Waals surface area (Å²) in [6.45, 7) is 2.32. The van der Waals surface area contributed by atoms with Gasteiger partial charge in [0.25, 0.3) is 0 Å². The van der Waals surface area contributed by atoms with Gasteiger partial charge in [0.2, 0.25) is 0 Å². The Labute approximate surface area is 127 Å². The highest BCUT2D eigenvalue weighted by molar-refractivity contribution is 5.97. The first kappa shape index (κ1) is 14.4. The lowest BCUT2D eigenvalue weighted by Gasteiger charge is -2.08. The Morgan fingerprint density at radius 2 is 1.68 bits per heavy atom. The van der Waals surface area contributed by atoms with Crippen LogP contribution in [0.25, 0.3) is 21.8 Å². The zero-order chi connectivity index (χ0) is 15.5. The summed E-state index contributed by atoms with van der Waals surface area (Å²) >= 11 is 0. The Morgan fingerprint density at radius 3 is 2.32 bits per heavy atom. The summed E-state index contributed by atoms with van der Waals surface area (Å²) in [5.41, 5.74) is 2.26. The van der Waals surface area contributed by atoms with Crippen LogP contribution in [-0.2, 0) is 9.47 Å². The van der Waals surface area contributed by atoms with Gasteiger partial charge in [0.1, 0.15) is 6.61 Å². The zero-order valence-corrected chi connectivity index (χ0v) is 12.5. The molecule has 0 bridgehead atoms. The Hall–Kier alpha value is -2.53. The van der Waals surface area contributed by atoms with E-state index in [9.17, 15) is 4.79 Å². The van der Waals surface area contributed by atoms with Crippen LogP contribution in [0.1, 0.15) is 16.2 Å². The van der Waals surface area contributed by atoms with Crippen molar-refractivity contribution in [1.82, 2.24) is 9.97 Å². The topological polar surface area (TPSA) is 61.3 Å². The van der Waals surface area contributed by atoms with E-state index in [2.05, 4.69) is 9.97 Å². The van der Waals surface area contributed by atoms with Crippen molar-refractivity contribution in [1.29, 1.82) is 0 Å². The third-order valence-corrected chi connectivity index (χ3v) is 3.42. The van der Waals surface area contributed by atoms with E-state index < -0.39 is 5.97 Å². The van der Waals surface area contributed by atoms with Gasteiger partial charge in [0, 0.05) is 7.11 Å². The van der Waals surface area contributed by atoms with E-state index in [0.29, 0.717) is 17.8 Å². The molecule has 3 aromatic rings. The lowest BCUT2D eigenvalue weighted by atomic mass is 10.1. The van der Waals surface area contributed by atoms with Gasteiger partial charge in [-0.2, -0.15) is 0 Å². The molecule has 2 aromatic carbocycles. The first-order valence-corrected chi connectivity index (χ1v) is 7.02. The highest BCUT2D eigenvalue weighted by atomic mass is 16.6.